The normalized spacial score (nSPS) is 16.7. The molecule has 1 amide bonds. The minimum Gasteiger partial charge on any atom is -0.340 e. The van der Waals surface area contributed by atoms with Gasteiger partial charge in [-0.25, -0.2) is 4.39 Å². The summed E-state index contributed by atoms with van der Waals surface area (Å²) in [5.41, 5.74) is 0.410. The van der Waals surface area contributed by atoms with Crippen LogP contribution in [0, 0.1) is 5.82 Å². The van der Waals surface area contributed by atoms with Crippen LogP contribution in [-0.2, 0) is 11.2 Å². The predicted octanol–water partition coefficient (Wildman–Crippen LogP) is 2.19. The highest BCUT2D eigenvalue weighted by molar-refractivity contribution is 6.30. The second kappa shape index (κ2) is 6.35. The van der Waals surface area contributed by atoms with Gasteiger partial charge in [-0.1, -0.05) is 24.6 Å². The molecule has 1 aliphatic rings. The van der Waals surface area contributed by atoms with E-state index in [0.717, 1.165) is 32.7 Å². The number of amides is 1. The lowest BCUT2D eigenvalue weighted by molar-refractivity contribution is -0.132. The standard InChI is InChI=1S/C14H18ClFN2O/c1-2-17-5-7-18(8-6-17)14(19)9-11-3-4-12(15)10-13(11)16/h3-4,10H,2,5-9H2,1H3. The van der Waals surface area contributed by atoms with Crippen LogP contribution < -0.4 is 0 Å². The van der Waals surface area contributed by atoms with Gasteiger partial charge in [0.05, 0.1) is 6.42 Å². The summed E-state index contributed by atoms with van der Waals surface area (Å²) < 4.78 is 13.6. The van der Waals surface area contributed by atoms with E-state index in [-0.39, 0.29) is 12.3 Å². The molecule has 0 aromatic heterocycles. The Morgan fingerprint density at radius 2 is 2.00 bits per heavy atom. The first-order valence-electron chi connectivity index (χ1n) is 6.54. The number of likely N-dealkylation sites (N-methyl/N-ethyl adjacent to an activating group) is 1. The molecule has 1 saturated heterocycles. The summed E-state index contributed by atoms with van der Waals surface area (Å²) in [6, 6.07) is 4.44. The number of hydrogen-bond donors (Lipinski definition) is 0. The highest BCUT2D eigenvalue weighted by Crippen LogP contribution is 2.16. The average Bonchev–Trinajstić information content (AvgIpc) is 2.42. The van der Waals surface area contributed by atoms with Crippen molar-refractivity contribution in [1.82, 2.24) is 9.80 Å². The van der Waals surface area contributed by atoms with E-state index in [2.05, 4.69) is 11.8 Å². The van der Waals surface area contributed by atoms with Gasteiger partial charge in [0.2, 0.25) is 5.91 Å². The predicted molar refractivity (Wildman–Crippen MR) is 73.8 cm³/mol. The van der Waals surface area contributed by atoms with E-state index >= 15 is 0 Å². The first-order chi connectivity index (χ1) is 9.10. The van der Waals surface area contributed by atoms with E-state index in [4.69, 9.17) is 11.6 Å². The molecule has 0 aliphatic carbocycles. The number of rotatable bonds is 3. The van der Waals surface area contributed by atoms with Crippen LogP contribution in [0.5, 0.6) is 0 Å². The van der Waals surface area contributed by atoms with E-state index in [1.54, 1.807) is 17.0 Å². The lowest BCUT2D eigenvalue weighted by atomic mass is 10.1. The molecule has 0 unspecified atom stereocenters. The molecule has 1 heterocycles. The van der Waals surface area contributed by atoms with Crippen molar-refractivity contribution in [3.05, 3.63) is 34.6 Å². The van der Waals surface area contributed by atoms with Crippen molar-refractivity contribution in [3.8, 4) is 0 Å². The first-order valence-corrected chi connectivity index (χ1v) is 6.92. The van der Waals surface area contributed by atoms with Crippen molar-refractivity contribution < 1.29 is 9.18 Å². The van der Waals surface area contributed by atoms with Crippen molar-refractivity contribution in [1.29, 1.82) is 0 Å². The first kappa shape index (κ1) is 14.3. The van der Waals surface area contributed by atoms with E-state index < -0.39 is 5.82 Å². The molecule has 1 aromatic rings. The van der Waals surface area contributed by atoms with Gasteiger partial charge < -0.3 is 9.80 Å². The minimum absolute atomic E-state index is 0.0167. The third kappa shape index (κ3) is 3.67. The fourth-order valence-electron chi connectivity index (χ4n) is 2.25. The van der Waals surface area contributed by atoms with Crippen LogP contribution in [0.15, 0.2) is 18.2 Å². The Morgan fingerprint density at radius 3 is 2.58 bits per heavy atom. The molecule has 0 bridgehead atoms. The third-order valence-electron chi connectivity index (χ3n) is 3.53. The molecule has 5 heteroatoms. The number of piperazine rings is 1. The molecular weight excluding hydrogens is 267 g/mol. The van der Waals surface area contributed by atoms with Crippen molar-refractivity contribution in [3.63, 3.8) is 0 Å². The second-order valence-corrected chi connectivity index (χ2v) is 5.16. The Hall–Kier alpha value is -1.13. The van der Waals surface area contributed by atoms with E-state index in [1.165, 1.54) is 6.07 Å². The average molecular weight is 285 g/mol. The zero-order chi connectivity index (χ0) is 13.8. The summed E-state index contributed by atoms with van der Waals surface area (Å²) in [5, 5.41) is 0.352. The smallest absolute Gasteiger partial charge is 0.227 e. The highest BCUT2D eigenvalue weighted by Gasteiger charge is 2.21. The van der Waals surface area contributed by atoms with Gasteiger partial charge >= 0.3 is 0 Å². The van der Waals surface area contributed by atoms with Crippen LogP contribution >= 0.6 is 11.6 Å². The molecule has 1 aliphatic heterocycles. The molecule has 0 N–H and O–H groups in total. The van der Waals surface area contributed by atoms with Gasteiger partial charge in [0, 0.05) is 31.2 Å². The molecule has 104 valence electrons. The van der Waals surface area contributed by atoms with Gasteiger partial charge in [0.25, 0.3) is 0 Å². The molecule has 1 aromatic carbocycles. The van der Waals surface area contributed by atoms with Gasteiger partial charge in [0.15, 0.2) is 0 Å². The molecule has 19 heavy (non-hydrogen) atoms. The SMILES string of the molecule is CCN1CCN(C(=O)Cc2ccc(Cl)cc2F)CC1. The number of hydrogen-bond acceptors (Lipinski definition) is 2. The number of benzene rings is 1. The molecule has 1 fully saturated rings. The summed E-state index contributed by atoms with van der Waals surface area (Å²) in [6.07, 6.45) is 0.106. The zero-order valence-electron chi connectivity index (χ0n) is 11.0. The number of carbonyl (C=O) groups is 1. The molecule has 0 spiro atoms. The summed E-state index contributed by atoms with van der Waals surface area (Å²) in [4.78, 5) is 16.2. The maximum Gasteiger partial charge on any atom is 0.227 e. The van der Waals surface area contributed by atoms with Gasteiger partial charge in [-0.2, -0.15) is 0 Å². The Kier molecular flexibility index (Phi) is 4.77. The Balaban J connectivity index is 1.94. The quantitative estimate of drug-likeness (QED) is 0.849. The van der Waals surface area contributed by atoms with E-state index in [9.17, 15) is 9.18 Å². The maximum absolute atomic E-state index is 13.6. The lowest BCUT2D eigenvalue weighted by Crippen LogP contribution is -2.48. The summed E-state index contributed by atoms with van der Waals surface area (Å²) in [5.74, 6) is -0.426. The largest absolute Gasteiger partial charge is 0.340 e. The maximum atomic E-state index is 13.6. The minimum atomic E-state index is -0.409. The number of nitrogens with zero attached hydrogens (tertiary/aromatic N) is 2. The van der Waals surface area contributed by atoms with Crippen LogP contribution in [0.25, 0.3) is 0 Å². The number of halogens is 2. The second-order valence-electron chi connectivity index (χ2n) is 4.73. The topological polar surface area (TPSA) is 23.6 Å². The highest BCUT2D eigenvalue weighted by atomic mass is 35.5. The summed E-state index contributed by atoms with van der Waals surface area (Å²) in [6.45, 7) is 6.36. The third-order valence-corrected chi connectivity index (χ3v) is 3.76. The molecule has 3 nitrogen and oxygen atoms in total. The molecular formula is C14H18ClFN2O. The van der Waals surface area contributed by atoms with Crippen LogP contribution in [0.1, 0.15) is 12.5 Å². The Morgan fingerprint density at radius 1 is 1.32 bits per heavy atom. The van der Waals surface area contributed by atoms with Gasteiger partial charge in [-0.05, 0) is 24.2 Å². The Labute approximate surface area is 117 Å². The Bertz CT molecular complexity index is 459. The molecule has 0 atom stereocenters. The van der Waals surface area contributed by atoms with Crippen molar-refractivity contribution in [2.24, 2.45) is 0 Å². The molecule has 0 radical (unpaired) electrons. The van der Waals surface area contributed by atoms with Crippen molar-refractivity contribution >= 4 is 17.5 Å². The monoisotopic (exact) mass is 284 g/mol. The lowest BCUT2D eigenvalue weighted by Gasteiger charge is -2.34. The van der Waals surface area contributed by atoms with E-state index in [0.29, 0.717) is 10.6 Å². The van der Waals surface area contributed by atoms with Gasteiger partial charge in [0.1, 0.15) is 5.82 Å². The van der Waals surface area contributed by atoms with Crippen LogP contribution in [-0.4, -0.2) is 48.4 Å². The van der Waals surface area contributed by atoms with Gasteiger partial charge in [-0.15, -0.1) is 0 Å². The van der Waals surface area contributed by atoms with Crippen LogP contribution in [0.3, 0.4) is 0 Å². The summed E-state index contributed by atoms with van der Waals surface area (Å²) in [7, 11) is 0. The van der Waals surface area contributed by atoms with Crippen molar-refractivity contribution in [2.45, 2.75) is 13.3 Å². The number of carbonyl (C=O) groups excluding carboxylic acids is 1. The summed E-state index contributed by atoms with van der Waals surface area (Å²) >= 11 is 5.69. The van der Waals surface area contributed by atoms with E-state index in [1.807, 2.05) is 0 Å². The fraction of sp³-hybridized carbons (Fsp3) is 0.500. The van der Waals surface area contributed by atoms with Crippen LogP contribution in [0.2, 0.25) is 5.02 Å². The van der Waals surface area contributed by atoms with Crippen LogP contribution in [0.4, 0.5) is 4.39 Å². The molecule has 2 rings (SSSR count). The zero-order valence-corrected chi connectivity index (χ0v) is 11.8. The van der Waals surface area contributed by atoms with Gasteiger partial charge in [-0.3, -0.25) is 4.79 Å². The fourth-order valence-corrected chi connectivity index (χ4v) is 2.41. The molecule has 0 saturated carbocycles. The van der Waals surface area contributed by atoms with Crippen molar-refractivity contribution in [2.75, 3.05) is 32.7 Å².